The first-order chi connectivity index (χ1) is 17.9. The summed E-state index contributed by atoms with van der Waals surface area (Å²) in [7, 11) is 1.42. The van der Waals surface area contributed by atoms with E-state index in [1.165, 1.54) is 7.05 Å². The molecule has 7 atom stereocenters. The van der Waals surface area contributed by atoms with Gasteiger partial charge >= 0.3 is 0 Å². The normalized spacial score (nSPS) is 16.0. The lowest BCUT2D eigenvalue weighted by Gasteiger charge is -2.20. The Morgan fingerprint density at radius 2 is 0.925 bits per heavy atom. The molecule has 0 rings (SSSR count). The van der Waals surface area contributed by atoms with Crippen molar-refractivity contribution in [3.05, 3.63) is 0 Å². The fraction of sp³-hybridized carbons (Fsp3) is 0.889. The summed E-state index contributed by atoms with van der Waals surface area (Å²) in [6.07, 6.45) is -6.40. The molecule has 0 aromatic heterocycles. The van der Waals surface area contributed by atoms with Crippen molar-refractivity contribution in [2.24, 2.45) is 17.8 Å². The number of rotatable bonds is 14. The van der Waals surface area contributed by atoms with Crippen LogP contribution in [0.3, 0.4) is 0 Å². The van der Waals surface area contributed by atoms with Gasteiger partial charge in [-0.25, -0.2) is 0 Å². The van der Waals surface area contributed by atoms with Crippen molar-refractivity contribution in [2.75, 3.05) is 20.1 Å². The minimum Gasteiger partial charge on any atom is -0.391 e. The quantitative estimate of drug-likeness (QED) is 0.118. The van der Waals surface area contributed by atoms with Crippen LogP contribution in [0, 0.1) is 17.8 Å². The lowest BCUT2D eigenvalue weighted by Crippen LogP contribution is -2.46. The van der Waals surface area contributed by atoms with E-state index in [1.807, 2.05) is 6.92 Å². The van der Waals surface area contributed by atoms with Crippen molar-refractivity contribution in [1.82, 2.24) is 16.0 Å². The average Bonchev–Trinajstić information content (AvgIpc) is 2.91. The predicted molar refractivity (Wildman–Crippen MR) is 154 cm³/mol. The first kappa shape index (κ1) is 45.1. The van der Waals surface area contributed by atoms with Crippen molar-refractivity contribution >= 4 is 17.7 Å². The molecule has 10 N–H and O–H groups in total. The highest BCUT2D eigenvalue weighted by Crippen LogP contribution is 2.07. The Balaban J connectivity index is -0.000000243. The molecule has 13 nitrogen and oxygen atoms in total. The summed E-state index contributed by atoms with van der Waals surface area (Å²) in [4.78, 5) is 33.1. The number of amides is 3. The Kier molecular flexibility index (Phi) is 28.1. The molecular weight excluding hydrogens is 526 g/mol. The van der Waals surface area contributed by atoms with Gasteiger partial charge in [-0.15, -0.1) is 0 Å². The van der Waals surface area contributed by atoms with Gasteiger partial charge in [0.05, 0.1) is 24.4 Å². The molecule has 0 aliphatic rings. The van der Waals surface area contributed by atoms with E-state index in [0.717, 1.165) is 6.42 Å². The fourth-order valence-electron chi connectivity index (χ4n) is 2.53. The van der Waals surface area contributed by atoms with Crippen LogP contribution < -0.4 is 16.0 Å². The Morgan fingerprint density at radius 1 is 0.600 bits per heavy atom. The molecule has 40 heavy (non-hydrogen) atoms. The summed E-state index contributed by atoms with van der Waals surface area (Å²) in [5, 5.41) is 72.1. The van der Waals surface area contributed by atoms with E-state index in [4.69, 9.17) is 5.11 Å². The highest BCUT2D eigenvalue weighted by Gasteiger charge is 2.27. The van der Waals surface area contributed by atoms with E-state index < -0.39 is 60.4 Å². The number of aliphatic hydroxyl groups excluding tert-OH is 7. The van der Waals surface area contributed by atoms with Crippen LogP contribution in [0.1, 0.15) is 75.7 Å². The molecule has 242 valence electrons. The smallest absolute Gasteiger partial charge is 0.251 e. The highest BCUT2D eigenvalue weighted by atomic mass is 16.3. The number of hydrogen-bond donors (Lipinski definition) is 10. The second-order valence-electron chi connectivity index (χ2n) is 10.3. The zero-order chi connectivity index (χ0) is 31.5. The minimum atomic E-state index is -1.44. The molecule has 0 aromatic carbocycles. The van der Waals surface area contributed by atoms with Crippen molar-refractivity contribution in [3.63, 3.8) is 0 Å². The lowest BCUT2D eigenvalue weighted by molar-refractivity contribution is -0.137. The maximum atomic E-state index is 11.3. The second-order valence-corrected chi connectivity index (χ2v) is 10.3. The third-order valence-corrected chi connectivity index (χ3v) is 5.60. The van der Waals surface area contributed by atoms with Gasteiger partial charge in [-0.1, -0.05) is 62.8 Å². The largest absolute Gasteiger partial charge is 0.391 e. The Hall–Kier alpha value is -1.87. The Morgan fingerprint density at radius 3 is 1.20 bits per heavy atom. The summed E-state index contributed by atoms with van der Waals surface area (Å²) < 4.78 is 0. The molecule has 0 bridgehead atoms. The first-order valence-corrected chi connectivity index (χ1v) is 13.4. The summed E-state index contributed by atoms with van der Waals surface area (Å²) in [5.41, 5.74) is 0. The van der Waals surface area contributed by atoms with Crippen LogP contribution in [0.2, 0.25) is 0 Å². The van der Waals surface area contributed by atoms with Gasteiger partial charge < -0.3 is 51.7 Å². The molecule has 0 radical (unpaired) electrons. The SMILES string of the molecule is C.CCC(O)CNC(=O)C(O)C(O)C(C)C.CCCNC(=O)C(O)C(O)C(C)C.CNC(=O)C(O)C(O)C(C)C. The van der Waals surface area contributed by atoms with Gasteiger partial charge in [0.2, 0.25) is 0 Å². The molecule has 0 heterocycles. The van der Waals surface area contributed by atoms with Gasteiger partial charge in [0.25, 0.3) is 17.7 Å². The summed E-state index contributed by atoms with van der Waals surface area (Å²) in [6, 6.07) is 0. The molecule has 0 aliphatic carbocycles. The minimum absolute atomic E-state index is 0. The first-order valence-electron chi connectivity index (χ1n) is 13.4. The summed E-state index contributed by atoms with van der Waals surface area (Å²) in [6.45, 7) is 14.7. The third-order valence-electron chi connectivity index (χ3n) is 5.60. The number of nitrogens with one attached hydrogen (secondary N) is 3. The van der Waals surface area contributed by atoms with Crippen molar-refractivity contribution in [2.45, 2.75) is 118 Å². The number of carbonyl (C=O) groups is 3. The number of aliphatic hydroxyl groups is 7. The second kappa shape index (κ2) is 24.9. The summed E-state index contributed by atoms with van der Waals surface area (Å²) in [5.74, 6) is -2.13. The van der Waals surface area contributed by atoms with E-state index in [0.29, 0.717) is 13.0 Å². The molecule has 0 saturated heterocycles. The number of hydrogen-bond acceptors (Lipinski definition) is 10. The van der Waals surface area contributed by atoms with E-state index in [9.17, 15) is 45.0 Å². The van der Waals surface area contributed by atoms with Gasteiger partial charge in [0.1, 0.15) is 0 Å². The Bertz CT molecular complexity index is 664. The van der Waals surface area contributed by atoms with E-state index in [-0.39, 0.29) is 31.7 Å². The van der Waals surface area contributed by atoms with E-state index in [1.54, 1.807) is 48.5 Å². The molecule has 0 spiro atoms. The fourth-order valence-corrected chi connectivity index (χ4v) is 2.53. The van der Waals surface area contributed by atoms with E-state index in [2.05, 4.69) is 16.0 Å². The molecule has 13 heteroatoms. The van der Waals surface area contributed by atoms with Gasteiger partial charge in [-0.3, -0.25) is 14.4 Å². The molecule has 3 amide bonds. The zero-order valence-electron chi connectivity index (χ0n) is 25.0. The number of likely N-dealkylation sites (N-methyl/N-ethyl adjacent to an activating group) is 1. The molecule has 0 aliphatic heterocycles. The topological polar surface area (TPSA) is 229 Å². The standard InChI is InChI=1S/C10H21NO4.C9H19NO3.C7H15NO3.CH4/c1-4-7(12)5-11-10(15)9(14)8(13)6(2)3;1-4-5-10-9(13)8(12)7(11)6(2)3;1-4(2)5(9)6(10)7(11)8-3;/h6-9,12-14H,4-5H2,1-3H3,(H,11,15);6-8,11-12H,4-5H2,1-3H3,(H,10,13);4-6,9-10H,1-3H3,(H,8,11);1H4. The van der Waals surface area contributed by atoms with Gasteiger partial charge in [-0.2, -0.15) is 0 Å². The van der Waals surface area contributed by atoms with Crippen LogP contribution >= 0.6 is 0 Å². The van der Waals surface area contributed by atoms with Crippen LogP contribution in [-0.2, 0) is 14.4 Å². The highest BCUT2D eigenvalue weighted by molar-refractivity contribution is 5.81. The molecular formula is C27H59N3O10. The molecule has 0 saturated carbocycles. The zero-order valence-corrected chi connectivity index (χ0v) is 25.0. The van der Waals surface area contributed by atoms with Crippen molar-refractivity contribution < 1.29 is 50.1 Å². The number of carbonyl (C=O) groups excluding carboxylic acids is 3. The van der Waals surface area contributed by atoms with Crippen LogP contribution in [0.5, 0.6) is 0 Å². The van der Waals surface area contributed by atoms with Crippen LogP contribution in [-0.4, -0.2) is 116 Å². The van der Waals surface area contributed by atoms with Crippen molar-refractivity contribution in [3.8, 4) is 0 Å². The van der Waals surface area contributed by atoms with Crippen LogP contribution in [0.4, 0.5) is 0 Å². The van der Waals surface area contributed by atoms with Crippen LogP contribution in [0.25, 0.3) is 0 Å². The predicted octanol–water partition coefficient (Wildman–Crippen LogP) is -1.11. The van der Waals surface area contributed by atoms with Gasteiger partial charge in [-0.05, 0) is 30.6 Å². The molecule has 0 fully saturated rings. The van der Waals surface area contributed by atoms with Gasteiger partial charge in [0.15, 0.2) is 18.3 Å². The maximum Gasteiger partial charge on any atom is 0.251 e. The average molecular weight is 586 g/mol. The monoisotopic (exact) mass is 585 g/mol. The third kappa shape index (κ3) is 20.1. The lowest BCUT2D eigenvalue weighted by atomic mass is 10.0. The Labute approximate surface area is 240 Å². The molecule has 0 aromatic rings. The molecule has 7 unspecified atom stereocenters. The van der Waals surface area contributed by atoms with Gasteiger partial charge in [0, 0.05) is 20.1 Å². The maximum absolute atomic E-state index is 11.3. The van der Waals surface area contributed by atoms with Crippen LogP contribution in [0.15, 0.2) is 0 Å². The van der Waals surface area contributed by atoms with Crippen molar-refractivity contribution in [1.29, 1.82) is 0 Å². The summed E-state index contributed by atoms with van der Waals surface area (Å²) >= 11 is 0. The van der Waals surface area contributed by atoms with E-state index >= 15 is 0 Å².